The first-order valence-electron chi connectivity index (χ1n) is 8.95. The zero-order chi connectivity index (χ0) is 23.6. The van der Waals surface area contributed by atoms with E-state index in [2.05, 4.69) is 10.4 Å². The summed E-state index contributed by atoms with van der Waals surface area (Å²) in [6.07, 6.45) is 0. The Bertz CT molecular complexity index is 1240. The Hall–Kier alpha value is -3.70. The lowest BCUT2D eigenvalue weighted by atomic mass is 10.2. The molecular weight excluding hydrogens is 465 g/mol. The molecule has 0 spiro atoms. The van der Waals surface area contributed by atoms with Crippen molar-refractivity contribution in [3.05, 3.63) is 78.1 Å². The van der Waals surface area contributed by atoms with Gasteiger partial charge in [0.2, 0.25) is 5.91 Å². The number of rotatable bonds is 7. The molecule has 0 bridgehead atoms. The predicted molar refractivity (Wildman–Crippen MR) is 117 cm³/mol. The molecule has 3 aromatic rings. The van der Waals surface area contributed by atoms with Gasteiger partial charge in [-0.3, -0.25) is 29.7 Å². The minimum absolute atomic E-state index is 0.0560. The van der Waals surface area contributed by atoms with Gasteiger partial charge in [-0.05, 0) is 32.0 Å². The first kappa shape index (κ1) is 23.0. The van der Waals surface area contributed by atoms with Gasteiger partial charge in [-0.2, -0.15) is 5.10 Å². The molecule has 1 heterocycles. The summed E-state index contributed by atoms with van der Waals surface area (Å²) in [5, 5.41) is 29.5. The summed E-state index contributed by atoms with van der Waals surface area (Å²) < 4.78 is 6.81. The summed E-state index contributed by atoms with van der Waals surface area (Å²) in [6, 6.07) is 8.18. The molecule has 32 heavy (non-hydrogen) atoms. The van der Waals surface area contributed by atoms with Gasteiger partial charge in [0.1, 0.15) is 29.4 Å². The maximum absolute atomic E-state index is 12.5. The largest absolute Gasteiger partial charge is 0.455 e. The van der Waals surface area contributed by atoms with Crippen LogP contribution in [0.3, 0.4) is 0 Å². The van der Waals surface area contributed by atoms with Crippen LogP contribution < -0.4 is 10.1 Å². The number of nitrogens with one attached hydrogen (secondary N) is 1. The van der Waals surface area contributed by atoms with Gasteiger partial charge in [0, 0.05) is 17.2 Å². The Morgan fingerprint density at radius 3 is 2.44 bits per heavy atom. The minimum atomic E-state index is -0.643. The summed E-state index contributed by atoms with van der Waals surface area (Å²) in [6.45, 7) is 2.61. The summed E-state index contributed by atoms with van der Waals surface area (Å²) in [5.41, 5.74) is -0.0390. The SMILES string of the molecule is Cc1nn(CC(=O)Nc2cc(Oc3ccc(Cl)cc3Cl)cc([N+](=O)[O-])c2)c(C)c1[N+](=O)[O-]. The highest BCUT2D eigenvalue weighted by Gasteiger charge is 2.23. The molecule has 0 aliphatic heterocycles. The standard InChI is InChI=1S/C19H15Cl2N5O6/c1-10-19(26(30)31)11(2)24(23-10)9-18(27)22-13-6-14(25(28)29)8-15(7-13)32-17-4-3-12(20)5-16(17)21/h3-8H,9H2,1-2H3,(H,22,27). The summed E-state index contributed by atoms with van der Waals surface area (Å²) in [7, 11) is 0. The summed E-state index contributed by atoms with van der Waals surface area (Å²) >= 11 is 11.9. The zero-order valence-electron chi connectivity index (χ0n) is 16.7. The van der Waals surface area contributed by atoms with Gasteiger partial charge in [0.25, 0.3) is 5.69 Å². The molecule has 2 aromatic carbocycles. The minimum Gasteiger partial charge on any atom is -0.455 e. The van der Waals surface area contributed by atoms with Crippen molar-refractivity contribution >= 4 is 46.2 Å². The lowest BCUT2D eigenvalue weighted by Gasteiger charge is -2.11. The lowest BCUT2D eigenvalue weighted by Crippen LogP contribution is -2.20. The fraction of sp³-hybridized carbons (Fsp3) is 0.158. The van der Waals surface area contributed by atoms with E-state index in [1.54, 1.807) is 0 Å². The average molecular weight is 480 g/mol. The highest BCUT2D eigenvalue weighted by atomic mass is 35.5. The number of nitro groups is 2. The van der Waals surface area contributed by atoms with E-state index >= 15 is 0 Å². The van der Waals surface area contributed by atoms with Gasteiger partial charge in [-0.1, -0.05) is 23.2 Å². The number of halogens is 2. The van der Waals surface area contributed by atoms with Crippen LogP contribution in [0.25, 0.3) is 0 Å². The molecular formula is C19H15Cl2N5O6. The number of amides is 1. The number of aryl methyl sites for hydroxylation is 1. The van der Waals surface area contributed by atoms with Crippen molar-refractivity contribution in [3.8, 4) is 11.5 Å². The van der Waals surface area contributed by atoms with Gasteiger partial charge >= 0.3 is 5.69 Å². The molecule has 0 radical (unpaired) electrons. The summed E-state index contributed by atoms with van der Waals surface area (Å²) in [5.74, 6) is -0.328. The van der Waals surface area contributed by atoms with Crippen molar-refractivity contribution in [2.75, 3.05) is 5.32 Å². The zero-order valence-corrected chi connectivity index (χ0v) is 18.2. The first-order chi connectivity index (χ1) is 15.0. The van der Waals surface area contributed by atoms with E-state index in [1.165, 1.54) is 48.9 Å². The van der Waals surface area contributed by atoms with E-state index in [0.29, 0.717) is 5.02 Å². The molecule has 1 N–H and O–H groups in total. The lowest BCUT2D eigenvalue weighted by molar-refractivity contribution is -0.386. The Morgan fingerprint density at radius 2 is 1.84 bits per heavy atom. The third-order valence-corrected chi connectivity index (χ3v) is 4.86. The molecule has 1 aromatic heterocycles. The fourth-order valence-corrected chi connectivity index (χ4v) is 3.39. The maximum atomic E-state index is 12.5. The molecule has 3 rings (SSSR count). The molecule has 0 fully saturated rings. The molecule has 0 atom stereocenters. The highest BCUT2D eigenvalue weighted by molar-refractivity contribution is 6.35. The van der Waals surface area contributed by atoms with Crippen molar-refractivity contribution in [1.29, 1.82) is 0 Å². The van der Waals surface area contributed by atoms with Crippen LogP contribution in [-0.2, 0) is 11.3 Å². The van der Waals surface area contributed by atoms with E-state index in [4.69, 9.17) is 27.9 Å². The molecule has 166 valence electrons. The van der Waals surface area contributed by atoms with Crippen molar-refractivity contribution in [1.82, 2.24) is 9.78 Å². The van der Waals surface area contributed by atoms with Crippen LogP contribution in [0.15, 0.2) is 36.4 Å². The molecule has 1 amide bonds. The van der Waals surface area contributed by atoms with E-state index in [-0.39, 0.29) is 51.5 Å². The van der Waals surface area contributed by atoms with Crippen LogP contribution in [0, 0.1) is 34.1 Å². The van der Waals surface area contributed by atoms with E-state index < -0.39 is 15.8 Å². The van der Waals surface area contributed by atoms with Crippen LogP contribution in [0.2, 0.25) is 10.0 Å². The Kier molecular flexibility index (Phi) is 6.61. The number of hydrogen-bond acceptors (Lipinski definition) is 7. The van der Waals surface area contributed by atoms with Gasteiger partial charge < -0.3 is 10.1 Å². The van der Waals surface area contributed by atoms with Crippen LogP contribution >= 0.6 is 23.2 Å². The fourth-order valence-electron chi connectivity index (χ4n) is 2.95. The number of carbonyl (C=O) groups is 1. The maximum Gasteiger partial charge on any atom is 0.312 e. The van der Waals surface area contributed by atoms with Gasteiger partial charge in [0.05, 0.1) is 26.6 Å². The molecule has 0 aliphatic rings. The molecule has 13 heteroatoms. The Morgan fingerprint density at radius 1 is 1.12 bits per heavy atom. The topological polar surface area (TPSA) is 142 Å². The smallest absolute Gasteiger partial charge is 0.312 e. The molecule has 11 nitrogen and oxygen atoms in total. The Labute approximate surface area is 190 Å². The first-order valence-corrected chi connectivity index (χ1v) is 9.71. The molecule has 0 unspecified atom stereocenters. The number of benzene rings is 2. The number of hydrogen-bond donors (Lipinski definition) is 1. The second-order valence-electron chi connectivity index (χ2n) is 6.63. The number of anilines is 1. The van der Waals surface area contributed by atoms with Crippen LogP contribution in [0.5, 0.6) is 11.5 Å². The third kappa shape index (κ3) is 5.13. The van der Waals surface area contributed by atoms with Crippen LogP contribution in [0.4, 0.5) is 17.1 Å². The number of non-ortho nitro benzene ring substituents is 1. The van der Waals surface area contributed by atoms with Gasteiger partial charge in [0.15, 0.2) is 0 Å². The predicted octanol–water partition coefficient (Wildman–Crippen LogP) is 5.05. The summed E-state index contributed by atoms with van der Waals surface area (Å²) in [4.78, 5) is 33.7. The van der Waals surface area contributed by atoms with Crippen molar-refractivity contribution in [2.45, 2.75) is 20.4 Å². The monoisotopic (exact) mass is 479 g/mol. The second-order valence-corrected chi connectivity index (χ2v) is 7.48. The van der Waals surface area contributed by atoms with Gasteiger partial charge in [-0.25, -0.2) is 0 Å². The van der Waals surface area contributed by atoms with Crippen molar-refractivity contribution in [2.24, 2.45) is 0 Å². The second kappa shape index (κ2) is 9.20. The number of ether oxygens (including phenoxy) is 1. The van der Waals surface area contributed by atoms with Crippen LogP contribution in [-0.4, -0.2) is 25.5 Å². The number of carbonyl (C=O) groups excluding carboxylic acids is 1. The number of nitrogens with zero attached hydrogens (tertiary/aromatic N) is 4. The molecule has 0 saturated carbocycles. The van der Waals surface area contributed by atoms with Gasteiger partial charge in [-0.15, -0.1) is 0 Å². The third-order valence-electron chi connectivity index (χ3n) is 4.33. The van der Waals surface area contributed by atoms with E-state index in [0.717, 1.165) is 6.07 Å². The quantitative estimate of drug-likeness (QED) is 0.368. The molecule has 0 aliphatic carbocycles. The normalized spacial score (nSPS) is 10.6. The highest BCUT2D eigenvalue weighted by Crippen LogP contribution is 2.34. The average Bonchev–Trinajstić information content (AvgIpc) is 2.96. The van der Waals surface area contributed by atoms with E-state index in [9.17, 15) is 25.0 Å². The Balaban J connectivity index is 1.84. The number of nitro benzene ring substituents is 1. The van der Waals surface area contributed by atoms with Crippen molar-refractivity contribution in [3.63, 3.8) is 0 Å². The van der Waals surface area contributed by atoms with Crippen LogP contribution in [0.1, 0.15) is 11.4 Å². The van der Waals surface area contributed by atoms with E-state index in [1.807, 2.05) is 0 Å². The number of aromatic nitrogens is 2. The van der Waals surface area contributed by atoms with Crippen molar-refractivity contribution < 1.29 is 19.4 Å². The molecule has 0 saturated heterocycles.